The van der Waals surface area contributed by atoms with Gasteiger partial charge in [0.05, 0.1) is 49.8 Å². The summed E-state index contributed by atoms with van der Waals surface area (Å²) in [5.74, 6) is 3.57. The Morgan fingerprint density at radius 1 is 1.13 bits per heavy atom. The molecular weight excluding hydrogens is 520 g/mol. The van der Waals surface area contributed by atoms with Gasteiger partial charge in [0.15, 0.2) is 16.3 Å². The zero-order valence-corrected chi connectivity index (χ0v) is 23.1. The van der Waals surface area contributed by atoms with Gasteiger partial charge in [0.2, 0.25) is 5.75 Å². The fourth-order valence-electron chi connectivity index (χ4n) is 4.36. The van der Waals surface area contributed by atoms with Crippen LogP contribution in [0, 0.1) is 12.3 Å². The van der Waals surface area contributed by atoms with Crippen LogP contribution in [0.15, 0.2) is 57.5 Å². The van der Waals surface area contributed by atoms with Crippen LogP contribution in [0.25, 0.3) is 6.08 Å². The molecule has 1 aliphatic heterocycles. The highest BCUT2D eigenvalue weighted by Crippen LogP contribution is 2.42. The van der Waals surface area contributed by atoms with E-state index in [2.05, 4.69) is 10.9 Å². The van der Waals surface area contributed by atoms with Gasteiger partial charge in [-0.25, -0.2) is 9.79 Å². The van der Waals surface area contributed by atoms with Crippen molar-refractivity contribution < 1.29 is 28.5 Å². The van der Waals surface area contributed by atoms with E-state index in [0.29, 0.717) is 49.2 Å². The van der Waals surface area contributed by atoms with E-state index in [1.54, 1.807) is 38.1 Å². The predicted molar refractivity (Wildman–Crippen MR) is 147 cm³/mol. The lowest BCUT2D eigenvalue weighted by Gasteiger charge is -2.26. The van der Waals surface area contributed by atoms with Crippen LogP contribution in [0.2, 0.25) is 0 Å². The third-order valence-electron chi connectivity index (χ3n) is 6.04. The summed E-state index contributed by atoms with van der Waals surface area (Å²) in [6.07, 6.45) is 7.08. The lowest BCUT2D eigenvalue weighted by atomic mass is 9.95. The molecule has 0 amide bonds. The molecule has 0 radical (unpaired) electrons. The number of fused-ring (bicyclic) bond motifs is 1. The van der Waals surface area contributed by atoms with Crippen LogP contribution in [-0.4, -0.2) is 45.1 Å². The summed E-state index contributed by atoms with van der Waals surface area (Å²) in [4.78, 5) is 32.2. The van der Waals surface area contributed by atoms with Crippen LogP contribution >= 0.6 is 11.3 Å². The second-order valence-corrected chi connectivity index (χ2v) is 9.30. The molecule has 0 N–H and O–H groups in total. The van der Waals surface area contributed by atoms with Gasteiger partial charge in [-0.1, -0.05) is 35.5 Å². The Hall–Kier alpha value is -4.49. The molecule has 3 aromatic rings. The minimum Gasteiger partial charge on any atom is -0.493 e. The second kappa shape index (κ2) is 11.9. The number of thiazole rings is 1. The normalized spacial score (nSPS) is 14.7. The highest BCUT2D eigenvalue weighted by atomic mass is 32.1. The van der Waals surface area contributed by atoms with Crippen molar-refractivity contribution in [2.24, 2.45) is 4.99 Å². The fraction of sp³-hybridized carbons (Fsp3) is 0.276. The Morgan fingerprint density at radius 3 is 2.44 bits per heavy atom. The third-order valence-corrected chi connectivity index (χ3v) is 7.02. The molecule has 10 heteroatoms. The van der Waals surface area contributed by atoms with Crippen LogP contribution in [0.3, 0.4) is 0 Å². The molecule has 4 rings (SSSR count). The smallest absolute Gasteiger partial charge is 0.338 e. The quantitative estimate of drug-likeness (QED) is 0.300. The largest absolute Gasteiger partial charge is 0.493 e. The summed E-state index contributed by atoms with van der Waals surface area (Å²) < 4.78 is 29.5. The van der Waals surface area contributed by atoms with Crippen LogP contribution in [0.1, 0.15) is 31.0 Å². The summed E-state index contributed by atoms with van der Waals surface area (Å²) in [7, 11) is 4.50. The van der Waals surface area contributed by atoms with Crippen molar-refractivity contribution in [1.82, 2.24) is 4.57 Å². The molecule has 1 aliphatic rings. The number of carbonyl (C=O) groups is 1. The average Bonchev–Trinajstić information content (AvgIpc) is 3.24. The molecule has 9 nitrogen and oxygen atoms in total. The number of aromatic nitrogens is 1. The first-order valence-corrected chi connectivity index (χ1v) is 12.8. The van der Waals surface area contributed by atoms with Crippen molar-refractivity contribution in [3.63, 3.8) is 0 Å². The van der Waals surface area contributed by atoms with Gasteiger partial charge in [-0.05, 0) is 43.7 Å². The lowest BCUT2D eigenvalue weighted by Crippen LogP contribution is -2.40. The van der Waals surface area contributed by atoms with Gasteiger partial charge in [-0.3, -0.25) is 9.36 Å². The highest BCUT2D eigenvalue weighted by Gasteiger charge is 2.34. The lowest BCUT2D eigenvalue weighted by molar-refractivity contribution is -0.139. The number of hydrogen-bond donors (Lipinski definition) is 0. The SMILES string of the molecule is C#CCOc1ccccc1/C=c1\sc2n(c1=O)[C@H](c1cc(OC)c(OC)c(OC)c1)C(C(=O)OCC)=C(C)N=2. The Balaban J connectivity index is 1.99. The van der Waals surface area contributed by atoms with Gasteiger partial charge in [0.25, 0.3) is 5.56 Å². The Morgan fingerprint density at radius 2 is 1.82 bits per heavy atom. The number of hydrogen-bond acceptors (Lipinski definition) is 9. The van der Waals surface area contributed by atoms with Crippen LogP contribution in [-0.2, 0) is 9.53 Å². The molecule has 0 aliphatic carbocycles. The zero-order chi connectivity index (χ0) is 28.1. The zero-order valence-electron chi connectivity index (χ0n) is 22.3. The topological polar surface area (TPSA) is 97.6 Å². The maximum Gasteiger partial charge on any atom is 0.338 e. The number of carbonyl (C=O) groups excluding carboxylic acids is 1. The summed E-state index contributed by atoms with van der Waals surface area (Å²) in [5.41, 5.74) is 1.59. The molecular formula is C29H28N2O7S. The van der Waals surface area contributed by atoms with Gasteiger partial charge in [-0.2, -0.15) is 0 Å². The molecule has 1 atom stereocenters. The van der Waals surface area contributed by atoms with Crippen molar-refractivity contribution in [2.75, 3.05) is 34.5 Å². The van der Waals surface area contributed by atoms with Crippen LogP contribution in [0.5, 0.6) is 23.0 Å². The van der Waals surface area contributed by atoms with E-state index < -0.39 is 12.0 Å². The molecule has 0 spiro atoms. The number of rotatable bonds is 9. The molecule has 0 saturated heterocycles. The summed E-state index contributed by atoms with van der Waals surface area (Å²) in [6.45, 7) is 3.69. The van der Waals surface area contributed by atoms with Gasteiger partial charge in [0.1, 0.15) is 12.4 Å². The number of nitrogens with zero attached hydrogens (tertiary/aromatic N) is 2. The Bertz CT molecular complexity index is 1630. The minimum atomic E-state index is -0.857. The van der Waals surface area contributed by atoms with E-state index in [-0.39, 0.29) is 24.3 Å². The van der Waals surface area contributed by atoms with Crippen LogP contribution < -0.4 is 33.8 Å². The summed E-state index contributed by atoms with van der Waals surface area (Å²) in [5, 5.41) is 0. The standard InChI is InChI=1S/C29H28N2O7S/c1-7-13-38-20-12-10-9-11-18(20)16-23-27(32)31-25(19-14-21(34-4)26(36-6)22(15-19)35-5)24(28(33)37-8-2)17(3)30-29(31)39-23/h1,9-12,14-16,25H,8,13H2,2-6H3/b23-16-/t25-/m1/s1. The monoisotopic (exact) mass is 548 g/mol. The number of para-hydroxylation sites is 1. The molecule has 0 fully saturated rings. The number of benzene rings is 2. The fourth-order valence-corrected chi connectivity index (χ4v) is 5.40. The van der Waals surface area contributed by atoms with Crippen molar-refractivity contribution in [3.05, 3.63) is 78.5 Å². The molecule has 2 aromatic carbocycles. The molecule has 202 valence electrons. The predicted octanol–water partition coefficient (Wildman–Crippen LogP) is 2.84. The maximum atomic E-state index is 13.9. The second-order valence-electron chi connectivity index (χ2n) is 8.29. The van der Waals surface area contributed by atoms with Crippen molar-refractivity contribution in [2.45, 2.75) is 19.9 Å². The molecule has 0 unspecified atom stereocenters. The van der Waals surface area contributed by atoms with E-state index in [1.165, 1.54) is 37.2 Å². The first-order chi connectivity index (χ1) is 18.9. The number of methoxy groups -OCH3 is 3. The van der Waals surface area contributed by atoms with Crippen molar-refractivity contribution >= 4 is 23.4 Å². The molecule has 0 bridgehead atoms. The van der Waals surface area contributed by atoms with Gasteiger partial charge in [-0.15, -0.1) is 6.42 Å². The molecule has 1 aromatic heterocycles. The van der Waals surface area contributed by atoms with Crippen molar-refractivity contribution in [1.29, 1.82) is 0 Å². The van der Waals surface area contributed by atoms with Gasteiger partial charge >= 0.3 is 5.97 Å². The van der Waals surface area contributed by atoms with E-state index in [0.717, 1.165) is 0 Å². The summed E-state index contributed by atoms with van der Waals surface area (Å²) >= 11 is 1.21. The van der Waals surface area contributed by atoms with Gasteiger partial charge < -0.3 is 23.7 Å². The third kappa shape index (κ3) is 5.26. The minimum absolute atomic E-state index is 0.0926. The molecule has 39 heavy (non-hydrogen) atoms. The molecule has 0 saturated carbocycles. The number of ether oxygens (including phenoxy) is 5. The number of allylic oxidation sites excluding steroid dienone is 1. The van der Waals surface area contributed by atoms with E-state index in [1.807, 2.05) is 18.2 Å². The van der Waals surface area contributed by atoms with E-state index in [9.17, 15) is 9.59 Å². The number of esters is 1. The van der Waals surface area contributed by atoms with E-state index >= 15 is 0 Å². The average molecular weight is 549 g/mol. The highest BCUT2D eigenvalue weighted by molar-refractivity contribution is 7.07. The van der Waals surface area contributed by atoms with Gasteiger partial charge in [0, 0.05) is 5.56 Å². The first kappa shape index (κ1) is 27.5. The van der Waals surface area contributed by atoms with E-state index in [4.69, 9.17) is 30.1 Å². The molecule has 2 heterocycles. The summed E-state index contributed by atoms with van der Waals surface area (Å²) in [6, 6.07) is 9.84. The maximum absolute atomic E-state index is 13.9. The Kier molecular flexibility index (Phi) is 8.42. The Labute approximate surface area is 229 Å². The van der Waals surface area contributed by atoms with Crippen LogP contribution in [0.4, 0.5) is 0 Å². The first-order valence-electron chi connectivity index (χ1n) is 12.0. The van der Waals surface area contributed by atoms with Crippen molar-refractivity contribution in [3.8, 4) is 35.3 Å². The number of terminal acetylenes is 1.